The van der Waals surface area contributed by atoms with Crippen LogP contribution in [0.4, 0.5) is 5.69 Å². The molecule has 0 aromatic heterocycles. The second-order valence-electron chi connectivity index (χ2n) is 3.74. The van der Waals surface area contributed by atoms with Crippen LogP contribution in [0.2, 0.25) is 5.02 Å². The topological polar surface area (TPSA) is 61.4 Å². The average Bonchev–Trinajstić information content (AvgIpc) is 2.16. The molecule has 0 spiro atoms. The number of nitrogens with one attached hydrogen (secondary N) is 2. The van der Waals surface area contributed by atoms with Gasteiger partial charge in [-0.15, -0.1) is 0 Å². The summed E-state index contributed by atoms with van der Waals surface area (Å²) in [5.41, 5.74) is -0.159. The Hall–Kier alpha value is -0.780. The molecular formula is C10H10BrClN2O2. The van der Waals surface area contributed by atoms with Gasteiger partial charge in [-0.3, -0.25) is 0 Å². The summed E-state index contributed by atoms with van der Waals surface area (Å²) >= 11 is 9.15. The van der Waals surface area contributed by atoms with Gasteiger partial charge >= 0.3 is 5.97 Å². The van der Waals surface area contributed by atoms with Gasteiger partial charge in [-0.05, 0) is 34.1 Å². The third-order valence-electron chi connectivity index (χ3n) is 2.57. The highest BCUT2D eigenvalue weighted by Gasteiger charge is 2.44. The Labute approximate surface area is 106 Å². The highest BCUT2D eigenvalue weighted by atomic mass is 79.9. The average molecular weight is 306 g/mol. The normalized spacial score (nSPS) is 17.6. The quantitative estimate of drug-likeness (QED) is 0.799. The molecule has 1 aliphatic heterocycles. The molecular weight excluding hydrogens is 295 g/mol. The Kier molecular flexibility index (Phi) is 3.10. The van der Waals surface area contributed by atoms with E-state index in [4.69, 9.17) is 16.7 Å². The van der Waals surface area contributed by atoms with Gasteiger partial charge in [0, 0.05) is 23.2 Å². The summed E-state index contributed by atoms with van der Waals surface area (Å²) in [6.07, 6.45) is 0. The van der Waals surface area contributed by atoms with E-state index in [1.54, 1.807) is 18.2 Å². The monoisotopic (exact) mass is 304 g/mol. The molecule has 1 fully saturated rings. The van der Waals surface area contributed by atoms with Crippen LogP contribution in [0.25, 0.3) is 0 Å². The van der Waals surface area contributed by atoms with E-state index in [1.165, 1.54) is 0 Å². The highest BCUT2D eigenvalue weighted by molar-refractivity contribution is 9.10. The first kappa shape index (κ1) is 11.7. The largest absolute Gasteiger partial charge is 0.479 e. The minimum Gasteiger partial charge on any atom is -0.479 e. The van der Waals surface area contributed by atoms with E-state index in [1.807, 2.05) is 0 Å². The Morgan fingerprint density at radius 3 is 2.69 bits per heavy atom. The first-order valence-electron chi connectivity index (χ1n) is 4.71. The summed E-state index contributed by atoms with van der Waals surface area (Å²) < 4.78 is 0.743. The first-order valence-corrected chi connectivity index (χ1v) is 5.88. The fourth-order valence-corrected chi connectivity index (χ4v) is 2.01. The van der Waals surface area contributed by atoms with Crippen LogP contribution in [-0.2, 0) is 4.79 Å². The molecule has 0 saturated carbocycles. The molecule has 1 aromatic rings. The summed E-state index contributed by atoms with van der Waals surface area (Å²) in [6, 6.07) is 5.25. The van der Waals surface area contributed by atoms with Crippen molar-refractivity contribution in [3.63, 3.8) is 0 Å². The molecule has 0 unspecified atom stereocenters. The Morgan fingerprint density at radius 2 is 2.25 bits per heavy atom. The van der Waals surface area contributed by atoms with Gasteiger partial charge < -0.3 is 15.7 Å². The molecule has 0 bridgehead atoms. The Morgan fingerprint density at radius 1 is 1.56 bits per heavy atom. The maximum absolute atomic E-state index is 11.1. The number of carboxylic acids is 1. The molecule has 1 saturated heterocycles. The predicted molar refractivity (Wildman–Crippen MR) is 66.0 cm³/mol. The number of halogens is 2. The van der Waals surface area contributed by atoms with Crippen molar-refractivity contribution in [2.24, 2.45) is 0 Å². The molecule has 1 aliphatic rings. The fourth-order valence-electron chi connectivity index (χ4n) is 1.52. The van der Waals surface area contributed by atoms with Crippen molar-refractivity contribution in [1.29, 1.82) is 0 Å². The van der Waals surface area contributed by atoms with Crippen molar-refractivity contribution in [2.45, 2.75) is 5.54 Å². The van der Waals surface area contributed by atoms with E-state index in [-0.39, 0.29) is 0 Å². The van der Waals surface area contributed by atoms with E-state index >= 15 is 0 Å². The Bertz CT molecular complexity index is 435. The lowest BCUT2D eigenvalue weighted by Crippen LogP contribution is -2.68. The van der Waals surface area contributed by atoms with E-state index < -0.39 is 11.5 Å². The number of carboxylic acid groups (broad SMARTS) is 1. The lowest BCUT2D eigenvalue weighted by molar-refractivity contribution is -0.144. The highest BCUT2D eigenvalue weighted by Crippen LogP contribution is 2.28. The molecule has 0 radical (unpaired) electrons. The first-order chi connectivity index (χ1) is 7.53. The Balaban J connectivity index is 2.20. The predicted octanol–water partition coefficient (Wildman–Crippen LogP) is 1.94. The van der Waals surface area contributed by atoms with E-state index in [9.17, 15) is 4.79 Å². The van der Waals surface area contributed by atoms with Gasteiger partial charge in [-0.25, -0.2) is 4.79 Å². The lowest BCUT2D eigenvalue weighted by Gasteiger charge is -2.39. The van der Waals surface area contributed by atoms with Gasteiger partial charge in [0.05, 0.1) is 5.02 Å². The van der Waals surface area contributed by atoms with Gasteiger partial charge in [0.2, 0.25) is 0 Å². The zero-order chi connectivity index (χ0) is 11.8. The fraction of sp³-hybridized carbons (Fsp3) is 0.300. The minimum atomic E-state index is -0.896. The van der Waals surface area contributed by atoms with Gasteiger partial charge in [0.15, 0.2) is 5.54 Å². The van der Waals surface area contributed by atoms with E-state index in [0.29, 0.717) is 18.1 Å². The third-order valence-corrected chi connectivity index (χ3v) is 3.78. The number of hydrogen-bond acceptors (Lipinski definition) is 3. The summed E-state index contributed by atoms with van der Waals surface area (Å²) in [7, 11) is 0. The summed E-state index contributed by atoms with van der Waals surface area (Å²) in [4.78, 5) is 11.1. The molecule has 0 atom stereocenters. The zero-order valence-corrected chi connectivity index (χ0v) is 10.6. The van der Waals surface area contributed by atoms with Gasteiger partial charge in [0.25, 0.3) is 0 Å². The summed E-state index contributed by atoms with van der Waals surface area (Å²) in [5.74, 6) is -0.850. The second kappa shape index (κ2) is 4.24. The van der Waals surface area contributed by atoms with Crippen molar-refractivity contribution in [2.75, 3.05) is 18.4 Å². The molecule has 86 valence electrons. The minimum absolute atomic E-state index is 0.419. The number of benzene rings is 1. The van der Waals surface area contributed by atoms with Crippen molar-refractivity contribution in [3.8, 4) is 0 Å². The van der Waals surface area contributed by atoms with Crippen LogP contribution >= 0.6 is 27.5 Å². The molecule has 16 heavy (non-hydrogen) atoms. The number of rotatable bonds is 3. The van der Waals surface area contributed by atoms with Crippen LogP contribution in [-0.4, -0.2) is 29.7 Å². The zero-order valence-electron chi connectivity index (χ0n) is 8.26. The van der Waals surface area contributed by atoms with E-state index in [0.717, 1.165) is 10.2 Å². The van der Waals surface area contributed by atoms with Gasteiger partial charge in [-0.2, -0.15) is 0 Å². The molecule has 2 rings (SSSR count). The SMILES string of the molecule is O=C(O)C1(Nc2ccc(Cl)c(Br)c2)CNC1. The number of aliphatic carboxylic acids is 1. The van der Waals surface area contributed by atoms with Crippen molar-refractivity contribution in [1.82, 2.24) is 5.32 Å². The van der Waals surface area contributed by atoms with Gasteiger partial charge in [-0.1, -0.05) is 11.6 Å². The maximum Gasteiger partial charge on any atom is 0.332 e. The van der Waals surface area contributed by atoms with Crippen LogP contribution < -0.4 is 10.6 Å². The van der Waals surface area contributed by atoms with Crippen molar-refractivity contribution >= 4 is 39.2 Å². The smallest absolute Gasteiger partial charge is 0.332 e. The number of anilines is 1. The van der Waals surface area contributed by atoms with Crippen molar-refractivity contribution < 1.29 is 9.90 Å². The molecule has 0 amide bonds. The van der Waals surface area contributed by atoms with Crippen LogP contribution in [0.5, 0.6) is 0 Å². The summed E-state index contributed by atoms with van der Waals surface area (Å²) in [6.45, 7) is 0.838. The van der Waals surface area contributed by atoms with Crippen molar-refractivity contribution in [3.05, 3.63) is 27.7 Å². The van der Waals surface area contributed by atoms with Crippen LogP contribution in [0, 0.1) is 0 Å². The van der Waals surface area contributed by atoms with Gasteiger partial charge in [0.1, 0.15) is 0 Å². The van der Waals surface area contributed by atoms with E-state index in [2.05, 4.69) is 26.6 Å². The molecule has 1 aromatic carbocycles. The molecule has 6 heteroatoms. The summed E-state index contributed by atoms with van der Waals surface area (Å²) in [5, 5.41) is 15.7. The molecule has 0 aliphatic carbocycles. The molecule has 1 heterocycles. The van der Waals surface area contributed by atoms with Crippen LogP contribution in [0.15, 0.2) is 22.7 Å². The number of hydrogen-bond donors (Lipinski definition) is 3. The lowest BCUT2D eigenvalue weighted by atomic mass is 9.92. The van der Waals surface area contributed by atoms with Crippen LogP contribution in [0.1, 0.15) is 0 Å². The standard InChI is InChI=1S/C10H10BrClN2O2/c11-7-3-6(1-2-8(7)12)14-10(9(15)16)4-13-5-10/h1-3,13-14H,4-5H2,(H,15,16). The number of carbonyl (C=O) groups is 1. The molecule has 4 nitrogen and oxygen atoms in total. The molecule has 3 N–H and O–H groups in total. The maximum atomic E-state index is 11.1. The third kappa shape index (κ3) is 2.03. The van der Waals surface area contributed by atoms with Crippen LogP contribution in [0.3, 0.4) is 0 Å². The second-order valence-corrected chi connectivity index (χ2v) is 5.01.